The predicted octanol–water partition coefficient (Wildman–Crippen LogP) is 3.72. The SMILES string of the molecule is OC(c1cccc(F)c1)c1cc2c(cc1Cl)OCCCO2. The van der Waals surface area contributed by atoms with Crippen LogP contribution in [0.25, 0.3) is 0 Å². The van der Waals surface area contributed by atoms with Crippen LogP contribution in [0.2, 0.25) is 5.02 Å². The highest BCUT2D eigenvalue weighted by molar-refractivity contribution is 6.31. The highest BCUT2D eigenvalue weighted by atomic mass is 35.5. The number of benzene rings is 2. The monoisotopic (exact) mass is 308 g/mol. The standard InChI is InChI=1S/C16H14ClFO3/c17-13-9-15-14(20-5-2-6-21-15)8-12(13)16(19)10-3-1-4-11(18)7-10/h1,3-4,7-9,16,19H,2,5-6H2. The van der Waals surface area contributed by atoms with Gasteiger partial charge in [-0.15, -0.1) is 0 Å². The van der Waals surface area contributed by atoms with E-state index in [-0.39, 0.29) is 0 Å². The van der Waals surface area contributed by atoms with Gasteiger partial charge in [0.25, 0.3) is 0 Å². The molecule has 2 aromatic rings. The van der Waals surface area contributed by atoms with E-state index in [1.54, 1.807) is 24.3 Å². The summed E-state index contributed by atoms with van der Waals surface area (Å²) < 4.78 is 24.4. The van der Waals surface area contributed by atoms with Crippen molar-refractivity contribution in [2.75, 3.05) is 13.2 Å². The van der Waals surface area contributed by atoms with Gasteiger partial charge in [0.2, 0.25) is 0 Å². The van der Waals surface area contributed by atoms with Crippen LogP contribution in [0.3, 0.4) is 0 Å². The van der Waals surface area contributed by atoms with Gasteiger partial charge in [0.1, 0.15) is 11.9 Å². The van der Waals surface area contributed by atoms with E-state index in [0.29, 0.717) is 40.9 Å². The zero-order valence-corrected chi connectivity index (χ0v) is 11.9. The van der Waals surface area contributed by atoms with Crippen LogP contribution < -0.4 is 9.47 Å². The van der Waals surface area contributed by atoms with Crippen LogP contribution in [0.4, 0.5) is 4.39 Å². The fourth-order valence-corrected chi connectivity index (χ4v) is 2.52. The Morgan fingerprint density at radius 3 is 2.52 bits per heavy atom. The van der Waals surface area contributed by atoms with Crippen molar-refractivity contribution in [3.05, 3.63) is 58.4 Å². The number of ether oxygens (including phenoxy) is 2. The number of halogens is 2. The Balaban J connectivity index is 2.00. The summed E-state index contributed by atoms with van der Waals surface area (Å²) in [4.78, 5) is 0. The quantitative estimate of drug-likeness (QED) is 0.919. The van der Waals surface area contributed by atoms with Crippen molar-refractivity contribution in [2.45, 2.75) is 12.5 Å². The van der Waals surface area contributed by atoms with E-state index in [2.05, 4.69) is 0 Å². The van der Waals surface area contributed by atoms with Crippen molar-refractivity contribution in [3.63, 3.8) is 0 Å². The molecular formula is C16H14ClFO3. The molecule has 0 aliphatic carbocycles. The summed E-state index contributed by atoms with van der Waals surface area (Å²) in [5.41, 5.74) is 0.901. The van der Waals surface area contributed by atoms with Crippen molar-refractivity contribution in [3.8, 4) is 11.5 Å². The molecule has 21 heavy (non-hydrogen) atoms. The van der Waals surface area contributed by atoms with E-state index < -0.39 is 11.9 Å². The maximum Gasteiger partial charge on any atom is 0.162 e. The van der Waals surface area contributed by atoms with Crippen LogP contribution >= 0.6 is 11.6 Å². The summed E-state index contributed by atoms with van der Waals surface area (Å²) in [6.45, 7) is 1.11. The first-order chi connectivity index (χ1) is 10.1. The van der Waals surface area contributed by atoms with Gasteiger partial charge in [-0.05, 0) is 23.8 Å². The minimum Gasteiger partial charge on any atom is -0.490 e. The molecule has 0 saturated carbocycles. The van der Waals surface area contributed by atoms with Gasteiger partial charge in [-0.1, -0.05) is 23.7 Å². The summed E-state index contributed by atoms with van der Waals surface area (Å²) in [7, 11) is 0. The van der Waals surface area contributed by atoms with Crippen LogP contribution in [0.1, 0.15) is 23.7 Å². The molecule has 0 saturated heterocycles. The van der Waals surface area contributed by atoms with E-state index in [1.807, 2.05) is 0 Å². The zero-order chi connectivity index (χ0) is 14.8. The van der Waals surface area contributed by atoms with Crippen LogP contribution in [0, 0.1) is 5.82 Å². The van der Waals surface area contributed by atoms with E-state index in [0.717, 1.165) is 6.42 Å². The Morgan fingerprint density at radius 1 is 1.10 bits per heavy atom. The molecule has 3 nitrogen and oxygen atoms in total. The molecule has 1 N–H and O–H groups in total. The molecule has 1 atom stereocenters. The molecule has 0 spiro atoms. The van der Waals surface area contributed by atoms with Gasteiger partial charge >= 0.3 is 0 Å². The van der Waals surface area contributed by atoms with Crippen LogP contribution in [0.5, 0.6) is 11.5 Å². The van der Waals surface area contributed by atoms with Gasteiger partial charge in [0.05, 0.1) is 18.2 Å². The molecule has 1 aliphatic rings. The molecular weight excluding hydrogens is 295 g/mol. The van der Waals surface area contributed by atoms with Gasteiger partial charge in [-0.3, -0.25) is 0 Å². The Labute approximate surface area is 126 Å². The third-order valence-corrected chi connectivity index (χ3v) is 3.65. The summed E-state index contributed by atoms with van der Waals surface area (Å²) >= 11 is 6.21. The first-order valence-corrected chi connectivity index (χ1v) is 7.05. The minimum atomic E-state index is -1.02. The largest absolute Gasteiger partial charge is 0.490 e. The second-order valence-electron chi connectivity index (χ2n) is 4.83. The minimum absolute atomic E-state index is 0.357. The second kappa shape index (κ2) is 5.92. The van der Waals surface area contributed by atoms with Crippen molar-refractivity contribution < 1.29 is 19.0 Å². The Morgan fingerprint density at radius 2 is 1.81 bits per heavy atom. The molecule has 110 valence electrons. The average molecular weight is 309 g/mol. The van der Waals surface area contributed by atoms with Crippen molar-refractivity contribution in [1.82, 2.24) is 0 Å². The van der Waals surface area contributed by atoms with Crippen molar-refractivity contribution in [1.29, 1.82) is 0 Å². The molecule has 3 rings (SSSR count). The first-order valence-electron chi connectivity index (χ1n) is 6.68. The number of aliphatic hydroxyl groups is 1. The lowest BCUT2D eigenvalue weighted by atomic mass is 10.0. The number of hydrogen-bond acceptors (Lipinski definition) is 3. The van der Waals surface area contributed by atoms with Gasteiger partial charge in [-0.25, -0.2) is 4.39 Å². The van der Waals surface area contributed by atoms with E-state index in [1.165, 1.54) is 12.1 Å². The third-order valence-electron chi connectivity index (χ3n) is 3.33. The molecule has 0 fully saturated rings. The highest BCUT2D eigenvalue weighted by Gasteiger charge is 2.20. The smallest absolute Gasteiger partial charge is 0.162 e. The highest BCUT2D eigenvalue weighted by Crippen LogP contribution is 2.39. The molecule has 5 heteroatoms. The molecule has 0 radical (unpaired) electrons. The molecule has 2 aromatic carbocycles. The third kappa shape index (κ3) is 2.96. The summed E-state index contributed by atoms with van der Waals surface area (Å²) in [6.07, 6.45) is -0.237. The van der Waals surface area contributed by atoms with Crippen molar-refractivity contribution in [2.24, 2.45) is 0 Å². The molecule has 0 amide bonds. The maximum absolute atomic E-state index is 13.3. The van der Waals surface area contributed by atoms with Crippen LogP contribution in [-0.4, -0.2) is 18.3 Å². The Hall–Kier alpha value is -1.78. The molecule has 1 heterocycles. The van der Waals surface area contributed by atoms with Crippen LogP contribution in [0.15, 0.2) is 36.4 Å². The summed E-state index contributed by atoms with van der Waals surface area (Å²) in [5.74, 6) is 0.701. The zero-order valence-electron chi connectivity index (χ0n) is 11.2. The fraction of sp³-hybridized carbons (Fsp3) is 0.250. The van der Waals surface area contributed by atoms with Gasteiger partial charge in [0, 0.05) is 18.1 Å². The Kier molecular flexibility index (Phi) is 3.99. The number of hydrogen-bond donors (Lipinski definition) is 1. The lowest BCUT2D eigenvalue weighted by Crippen LogP contribution is -2.02. The summed E-state index contributed by atoms with van der Waals surface area (Å²) in [6, 6.07) is 9.08. The lowest BCUT2D eigenvalue weighted by molar-refractivity contribution is 0.219. The predicted molar refractivity (Wildman–Crippen MR) is 77.5 cm³/mol. The number of aliphatic hydroxyl groups excluding tert-OH is 1. The topological polar surface area (TPSA) is 38.7 Å². The van der Waals surface area contributed by atoms with Gasteiger partial charge in [0.15, 0.2) is 11.5 Å². The fourth-order valence-electron chi connectivity index (χ4n) is 2.27. The lowest BCUT2D eigenvalue weighted by Gasteiger charge is -2.16. The van der Waals surface area contributed by atoms with Crippen LogP contribution in [-0.2, 0) is 0 Å². The van der Waals surface area contributed by atoms with E-state index in [9.17, 15) is 9.50 Å². The average Bonchev–Trinajstić information content (AvgIpc) is 2.70. The van der Waals surface area contributed by atoms with Gasteiger partial charge < -0.3 is 14.6 Å². The molecule has 0 bridgehead atoms. The second-order valence-corrected chi connectivity index (χ2v) is 5.24. The Bertz CT molecular complexity index is 660. The normalized spacial score (nSPS) is 15.4. The molecule has 0 aromatic heterocycles. The summed E-state index contributed by atoms with van der Waals surface area (Å²) in [5, 5.41) is 10.8. The van der Waals surface area contributed by atoms with Gasteiger partial charge in [-0.2, -0.15) is 0 Å². The maximum atomic E-state index is 13.3. The van der Waals surface area contributed by atoms with E-state index >= 15 is 0 Å². The number of rotatable bonds is 2. The molecule has 1 aliphatic heterocycles. The first kappa shape index (κ1) is 14.2. The van der Waals surface area contributed by atoms with E-state index in [4.69, 9.17) is 21.1 Å². The van der Waals surface area contributed by atoms with Crippen molar-refractivity contribution >= 4 is 11.6 Å². The number of fused-ring (bicyclic) bond motifs is 1. The molecule has 1 unspecified atom stereocenters.